The van der Waals surface area contributed by atoms with Gasteiger partial charge in [0.15, 0.2) is 0 Å². The van der Waals surface area contributed by atoms with Crippen molar-refractivity contribution in [3.63, 3.8) is 0 Å². The maximum Gasteiger partial charge on any atom is 0.416 e. The lowest BCUT2D eigenvalue weighted by Crippen LogP contribution is -2.46. The average molecular weight is 300 g/mol. The summed E-state index contributed by atoms with van der Waals surface area (Å²) in [6.45, 7) is 3.14. The molecule has 0 aliphatic carbocycles. The Morgan fingerprint density at radius 1 is 1.33 bits per heavy atom. The topological polar surface area (TPSA) is 41.1 Å². The average Bonchev–Trinajstić information content (AvgIpc) is 2.45. The molecule has 1 amide bonds. The van der Waals surface area contributed by atoms with E-state index in [2.05, 4.69) is 10.6 Å². The third-order valence-corrected chi connectivity index (χ3v) is 3.85. The molecular weight excluding hydrogens is 281 g/mol. The van der Waals surface area contributed by atoms with Crippen LogP contribution in [0.2, 0.25) is 0 Å². The molecule has 21 heavy (non-hydrogen) atoms. The molecule has 0 spiro atoms. The van der Waals surface area contributed by atoms with Crippen LogP contribution in [0.25, 0.3) is 0 Å². The van der Waals surface area contributed by atoms with Gasteiger partial charge in [-0.05, 0) is 44.0 Å². The number of nitrogens with one attached hydrogen (secondary N) is 2. The molecule has 1 aliphatic heterocycles. The molecule has 2 unspecified atom stereocenters. The van der Waals surface area contributed by atoms with Gasteiger partial charge in [-0.15, -0.1) is 0 Å². The number of halogens is 3. The highest BCUT2D eigenvalue weighted by Crippen LogP contribution is 2.29. The molecule has 1 aliphatic rings. The fourth-order valence-corrected chi connectivity index (χ4v) is 2.53. The van der Waals surface area contributed by atoms with Gasteiger partial charge in [-0.25, -0.2) is 0 Å². The second kappa shape index (κ2) is 6.47. The fourth-order valence-electron chi connectivity index (χ4n) is 2.53. The van der Waals surface area contributed by atoms with Crippen LogP contribution in [0.1, 0.15) is 30.9 Å². The first kappa shape index (κ1) is 15.8. The van der Waals surface area contributed by atoms with Gasteiger partial charge in [-0.2, -0.15) is 13.2 Å². The highest BCUT2D eigenvalue weighted by Gasteiger charge is 2.30. The van der Waals surface area contributed by atoms with Gasteiger partial charge in [0.25, 0.3) is 0 Å². The SMILES string of the molecule is CC1NCCCC1C(=O)NCc1ccc(C(F)(F)F)cc1. The number of benzene rings is 1. The summed E-state index contributed by atoms with van der Waals surface area (Å²) in [7, 11) is 0. The summed E-state index contributed by atoms with van der Waals surface area (Å²) in [6.07, 6.45) is -2.53. The van der Waals surface area contributed by atoms with Crippen molar-refractivity contribution in [3.05, 3.63) is 35.4 Å². The summed E-state index contributed by atoms with van der Waals surface area (Å²) in [4.78, 5) is 12.1. The Hall–Kier alpha value is -1.56. The van der Waals surface area contributed by atoms with Gasteiger partial charge in [0.05, 0.1) is 11.5 Å². The molecule has 3 nitrogen and oxygen atoms in total. The van der Waals surface area contributed by atoms with Gasteiger partial charge in [-0.3, -0.25) is 4.79 Å². The number of amides is 1. The van der Waals surface area contributed by atoms with Crippen LogP contribution in [-0.2, 0) is 17.5 Å². The fraction of sp³-hybridized carbons (Fsp3) is 0.533. The Bertz CT molecular complexity index is 485. The van der Waals surface area contributed by atoms with Gasteiger partial charge in [0.1, 0.15) is 0 Å². The molecule has 0 aromatic heterocycles. The summed E-state index contributed by atoms with van der Waals surface area (Å²) < 4.78 is 37.3. The lowest BCUT2D eigenvalue weighted by molar-refractivity contribution is -0.137. The maximum absolute atomic E-state index is 12.4. The van der Waals surface area contributed by atoms with Crippen molar-refractivity contribution in [1.82, 2.24) is 10.6 Å². The number of alkyl halides is 3. The lowest BCUT2D eigenvalue weighted by Gasteiger charge is -2.28. The largest absolute Gasteiger partial charge is 0.416 e. The van der Waals surface area contributed by atoms with Crippen molar-refractivity contribution >= 4 is 5.91 Å². The molecule has 6 heteroatoms. The van der Waals surface area contributed by atoms with Gasteiger partial charge < -0.3 is 10.6 Å². The first-order valence-corrected chi connectivity index (χ1v) is 7.05. The van der Waals surface area contributed by atoms with E-state index in [0.29, 0.717) is 5.56 Å². The molecule has 2 atom stereocenters. The van der Waals surface area contributed by atoms with E-state index in [1.807, 2.05) is 6.92 Å². The van der Waals surface area contributed by atoms with Gasteiger partial charge in [-0.1, -0.05) is 12.1 Å². The van der Waals surface area contributed by atoms with E-state index in [4.69, 9.17) is 0 Å². The maximum atomic E-state index is 12.4. The van der Waals surface area contributed by atoms with Crippen LogP contribution < -0.4 is 10.6 Å². The van der Waals surface area contributed by atoms with Crippen molar-refractivity contribution in [2.24, 2.45) is 5.92 Å². The van der Waals surface area contributed by atoms with Crippen molar-refractivity contribution in [2.45, 2.75) is 38.5 Å². The predicted molar refractivity (Wildman–Crippen MR) is 73.5 cm³/mol. The minimum atomic E-state index is -4.33. The second-order valence-electron chi connectivity index (χ2n) is 5.40. The molecule has 0 radical (unpaired) electrons. The molecule has 1 saturated heterocycles. The van der Waals surface area contributed by atoms with Crippen LogP contribution in [0.4, 0.5) is 13.2 Å². The Labute approximate surface area is 121 Å². The molecule has 1 heterocycles. The summed E-state index contributed by atoms with van der Waals surface area (Å²) >= 11 is 0. The third-order valence-electron chi connectivity index (χ3n) is 3.85. The van der Waals surface area contributed by atoms with E-state index in [1.54, 1.807) is 0 Å². The van der Waals surface area contributed by atoms with Crippen LogP contribution in [0.3, 0.4) is 0 Å². The molecule has 1 fully saturated rings. The highest BCUT2D eigenvalue weighted by molar-refractivity contribution is 5.79. The molecule has 2 rings (SSSR count). The number of piperidine rings is 1. The smallest absolute Gasteiger partial charge is 0.352 e. The second-order valence-corrected chi connectivity index (χ2v) is 5.40. The Morgan fingerprint density at radius 2 is 2.00 bits per heavy atom. The minimum absolute atomic E-state index is 0.0467. The van der Waals surface area contributed by atoms with Crippen molar-refractivity contribution in [3.8, 4) is 0 Å². The quantitative estimate of drug-likeness (QED) is 0.901. The molecule has 0 saturated carbocycles. The standard InChI is InChI=1S/C15H19F3N2O/c1-10-13(3-2-8-19-10)14(21)20-9-11-4-6-12(7-5-11)15(16,17)18/h4-7,10,13,19H,2-3,8-9H2,1H3,(H,20,21). The van der Waals surface area contributed by atoms with E-state index < -0.39 is 11.7 Å². The summed E-state index contributed by atoms with van der Waals surface area (Å²) in [6, 6.07) is 4.99. The molecule has 0 bridgehead atoms. The van der Waals surface area contributed by atoms with Gasteiger partial charge >= 0.3 is 6.18 Å². The number of carbonyl (C=O) groups is 1. The predicted octanol–water partition coefficient (Wildman–Crippen LogP) is 2.71. The zero-order valence-electron chi connectivity index (χ0n) is 11.8. The summed E-state index contributed by atoms with van der Waals surface area (Å²) in [5.41, 5.74) is -0.0181. The number of carbonyl (C=O) groups excluding carboxylic acids is 1. The van der Waals surface area contributed by atoms with E-state index in [0.717, 1.165) is 31.5 Å². The van der Waals surface area contributed by atoms with Crippen LogP contribution in [0.15, 0.2) is 24.3 Å². The van der Waals surface area contributed by atoms with Crippen LogP contribution in [0.5, 0.6) is 0 Å². The van der Waals surface area contributed by atoms with E-state index in [-0.39, 0.29) is 24.4 Å². The normalized spacial score (nSPS) is 22.9. The monoisotopic (exact) mass is 300 g/mol. The molecular formula is C15H19F3N2O. The highest BCUT2D eigenvalue weighted by atomic mass is 19.4. The van der Waals surface area contributed by atoms with Gasteiger partial charge in [0.2, 0.25) is 5.91 Å². The zero-order valence-corrected chi connectivity index (χ0v) is 11.8. The third kappa shape index (κ3) is 4.20. The molecule has 1 aromatic carbocycles. The van der Waals surface area contributed by atoms with Crippen LogP contribution >= 0.6 is 0 Å². The molecule has 1 aromatic rings. The Kier molecular flexibility index (Phi) is 4.88. The van der Waals surface area contributed by atoms with Crippen LogP contribution in [0, 0.1) is 5.92 Å². The number of hydrogen-bond acceptors (Lipinski definition) is 2. The first-order valence-electron chi connectivity index (χ1n) is 7.05. The molecule has 116 valence electrons. The first-order chi connectivity index (χ1) is 9.88. The van der Waals surface area contributed by atoms with Crippen molar-refractivity contribution in [2.75, 3.05) is 6.54 Å². The lowest BCUT2D eigenvalue weighted by atomic mass is 9.91. The molecule has 2 N–H and O–H groups in total. The van der Waals surface area contributed by atoms with Crippen molar-refractivity contribution < 1.29 is 18.0 Å². The van der Waals surface area contributed by atoms with E-state index in [9.17, 15) is 18.0 Å². The number of hydrogen-bond donors (Lipinski definition) is 2. The Morgan fingerprint density at radius 3 is 2.57 bits per heavy atom. The zero-order chi connectivity index (χ0) is 15.5. The van der Waals surface area contributed by atoms with Crippen molar-refractivity contribution in [1.29, 1.82) is 0 Å². The van der Waals surface area contributed by atoms with E-state index in [1.165, 1.54) is 12.1 Å². The summed E-state index contributed by atoms with van der Waals surface area (Å²) in [5.74, 6) is -0.122. The van der Waals surface area contributed by atoms with Crippen LogP contribution in [-0.4, -0.2) is 18.5 Å². The minimum Gasteiger partial charge on any atom is -0.352 e. The van der Waals surface area contributed by atoms with E-state index >= 15 is 0 Å². The number of rotatable bonds is 3. The van der Waals surface area contributed by atoms with Gasteiger partial charge in [0, 0.05) is 12.6 Å². The Balaban J connectivity index is 1.89. The summed E-state index contributed by atoms with van der Waals surface area (Å²) in [5, 5.41) is 6.05.